The van der Waals surface area contributed by atoms with Crippen LogP contribution in [-0.4, -0.2) is 71.9 Å². The van der Waals surface area contributed by atoms with Crippen LogP contribution < -0.4 is 0 Å². The number of nitrogens with zero attached hydrogens (tertiary/aromatic N) is 2. The second-order valence-electron chi connectivity index (χ2n) is 6.46. The molecule has 0 aromatic carbocycles. The minimum absolute atomic E-state index is 0.00307. The first-order valence-electron chi connectivity index (χ1n) is 8.49. The Balaban J connectivity index is 1.85. The Morgan fingerprint density at radius 2 is 1.62 bits per heavy atom. The molecule has 156 valence electrons. The van der Waals surface area contributed by atoms with Crippen molar-refractivity contribution >= 4 is 50.5 Å². The fourth-order valence-electron chi connectivity index (χ4n) is 3.10. The lowest BCUT2D eigenvalue weighted by Gasteiger charge is -2.33. The number of carboxylic acids is 2. The first kappa shape index (κ1) is 21.4. The molecule has 0 atom stereocenters. The van der Waals surface area contributed by atoms with Crippen LogP contribution in [0.2, 0.25) is 0 Å². The fraction of sp³-hybridized carbons (Fsp3) is 0.353. The standard InChI is InChI=1S/C17H18N2O7S3/c1-9-3-8-27-12(9)14(20)18-4-6-19(7-5-18)29(25,26)17-11(15(21)22)10(2)13(28-17)16(23)24/h3,8H,4-7H2,1-2H3,(H,21,22)(H,23,24). The van der Waals surface area contributed by atoms with Gasteiger partial charge in [0.2, 0.25) is 0 Å². The van der Waals surface area contributed by atoms with Crippen molar-refractivity contribution in [2.45, 2.75) is 18.1 Å². The second-order valence-corrected chi connectivity index (χ2v) is 10.5. The van der Waals surface area contributed by atoms with E-state index in [9.17, 15) is 33.0 Å². The normalized spacial score (nSPS) is 15.4. The molecular weight excluding hydrogens is 440 g/mol. The van der Waals surface area contributed by atoms with E-state index in [0.717, 1.165) is 9.87 Å². The Labute approximate surface area is 174 Å². The van der Waals surface area contributed by atoms with Gasteiger partial charge in [0.15, 0.2) is 4.21 Å². The van der Waals surface area contributed by atoms with E-state index >= 15 is 0 Å². The van der Waals surface area contributed by atoms with Gasteiger partial charge in [-0.05, 0) is 36.4 Å². The Bertz CT molecular complexity index is 1090. The first-order valence-corrected chi connectivity index (χ1v) is 11.6. The van der Waals surface area contributed by atoms with E-state index in [1.807, 2.05) is 18.4 Å². The summed E-state index contributed by atoms with van der Waals surface area (Å²) in [5, 5.41) is 20.5. The monoisotopic (exact) mass is 458 g/mol. The van der Waals surface area contributed by atoms with E-state index in [4.69, 9.17) is 0 Å². The van der Waals surface area contributed by atoms with Crippen LogP contribution in [0, 0.1) is 13.8 Å². The number of aromatic carboxylic acids is 2. The maximum atomic E-state index is 13.0. The number of aryl methyl sites for hydroxylation is 1. The maximum Gasteiger partial charge on any atom is 0.346 e. The molecule has 9 nitrogen and oxygen atoms in total. The van der Waals surface area contributed by atoms with Crippen LogP contribution in [0.25, 0.3) is 0 Å². The van der Waals surface area contributed by atoms with Gasteiger partial charge in [0.1, 0.15) is 4.88 Å². The van der Waals surface area contributed by atoms with E-state index in [1.54, 1.807) is 4.90 Å². The highest BCUT2D eigenvalue weighted by Crippen LogP contribution is 2.34. The molecule has 1 aliphatic heterocycles. The molecule has 0 saturated carbocycles. The zero-order valence-electron chi connectivity index (χ0n) is 15.5. The lowest BCUT2D eigenvalue weighted by Crippen LogP contribution is -2.50. The first-order chi connectivity index (χ1) is 13.6. The molecule has 3 rings (SSSR count). The van der Waals surface area contributed by atoms with Gasteiger partial charge in [-0.1, -0.05) is 0 Å². The smallest absolute Gasteiger partial charge is 0.346 e. The minimum Gasteiger partial charge on any atom is -0.478 e. The zero-order valence-corrected chi connectivity index (χ0v) is 18.0. The molecule has 0 radical (unpaired) electrons. The summed E-state index contributed by atoms with van der Waals surface area (Å²) in [5.41, 5.74) is 0.257. The van der Waals surface area contributed by atoms with Crippen molar-refractivity contribution in [3.63, 3.8) is 0 Å². The van der Waals surface area contributed by atoms with E-state index in [-0.39, 0.29) is 42.5 Å². The van der Waals surface area contributed by atoms with Crippen molar-refractivity contribution in [1.82, 2.24) is 9.21 Å². The number of amides is 1. The van der Waals surface area contributed by atoms with Gasteiger partial charge in [-0.3, -0.25) is 4.79 Å². The van der Waals surface area contributed by atoms with Crippen molar-refractivity contribution in [2.24, 2.45) is 0 Å². The largest absolute Gasteiger partial charge is 0.478 e. The quantitative estimate of drug-likeness (QED) is 0.700. The molecule has 12 heteroatoms. The van der Waals surface area contributed by atoms with Gasteiger partial charge >= 0.3 is 11.9 Å². The van der Waals surface area contributed by atoms with Crippen LogP contribution in [0.15, 0.2) is 15.7 Å². The summed E-state index contributed by atoms with van der Waals surface area (Å²) in [6.45, 7) is 3.43. The molecule has 29 heavy (non-hydrogen) atoms. The lowest BCUT2D eigenvalue weighted by atomic mass is 10.2. The zero-order chi connectivity index (χ0) is 21.5. The van der Waals surface area contributed by atoms with E-state index in [0.29, 0.717) is 16.2 Å². The molecule has 1 aliphatic rings. The van der Waals surface area contributed by atoms with Crippen LogP contribution in [0.3, 0.4) is 0 Å². The summed E-state index contributed by atoms with van der Waals surface area (Å²) in [7, 11) is -4.21. The predicted octanol–water partition coefficient (Wildman–Crippen LogP) is 1.97. The minimum atomic E-state index is -4.21. The summed E-state index contributed by atoms with van der Waals surface area (Å²) in [4.78, 5) is 37.4. The number of hydrogen-bond acceptors (Lipinski definition) is 7. The third-order valence-electron chi connectivity index (χ3n) is 4.68. The SMILES string of the molecule is Cc1ccsc1C(=O)N1CCN(S(=O)(=O)c2sc(C(=O)O)c(C)c2C(=O)O)CC1. The summed E-state index contributed by atoms with van der Waals surface area (Å²) in [5.74, 6) is -3.04. The van der Waals surface area contributed by atoms with Gasteiger partial charge in [-0.15, -0.1) is 22.7 Å². The van der Waals surface area contributed by atoms with E-state index < -0.39 is 31.7 Å². The average molecular weight is 459 g/mol. The number of rotatable bonds is 5. The predicted molar refractivity (Wildman–Crippen MR) is 107 cm³/mol. The van der Waals surface area contributed by atoms with Gasteiger partial charge in [-0.25, -0.2) is 18.0 Å². The number of carbonyl (C=O) groups excluding carboxylic acids is 1. The number of sulfonamides is 1. The molecule has 2 N–H and O–H groups in total. The van der Waals surface area contributed by atoms with Crippen molar-refractivity contribution < 1.29 is 33.0 Å². The maximum absolute atomic E-state index is 13.0. The molecule has 0 spiro atoms. The van der Waals surface area contributed by atoms with Gasteiger partial charge in [0.05, 0.1) is 10.4 Å². The highest BCUT2D eigenvalue weighted by Gasteiger charge is 2.37. The molecule has 2 aromatic rings. The molecule has 2 aromatic heterocycles. The molecule has 1 saturated heterocycles. The topological polar surface area (TPSA) is 132 Å². The summed E-state index contributed by atoms with van der Waals surface area (Å²) >= 11 is 1.77. The number of carboxylic acid groups (broad SMARTS) is 2. The Morgan fingerprint density at radius 1 is 1.00 bits per heavy atom. The Kier molecular flexibility index (Phi) is 5.81. The second kappa shape index (κ2) is 7.86. The van der Waals surface area contributed by atoms with Crippen molar-refractivity contribution in [2.75, 3.05) is 26.2 Å². The highest BCUT2D eigenvalue weighted by molar-refractivity contribution is 7.91. The third kappa shape index (κ3) is 3.80. The summed E-state index contributed by atoms with van der Waals surface area (Å²) in [6.07, 6.45) is 0. The van der Waals surface area contributed by atoms with Crippen LogP contribution in [-0.2, 0) is 10.0 Å². The Morgan fingerprint density at radius 3 is 2.10 bits per heavy atom. The average Bonchev–Trinajstić information content (AvgIpc) is 3.24. The van der Waals surface area contributed by atoms with Crippen LogP contribution >= 0.6 is 22.7 Å². The number of thiophene rings is 2. The van der Waals surface area contributed by atoms with Gasteiger partial charge < -0.3 is 15.1 Å². The number of carbonyl (C=O) groups is 3. The van der Waals surface area contributed by atoms with Crippen LogP contribution in [0.5, 0.6) is 0 Å². The Hall–Kier alpha value is -2.28. The summed E-state index contributed by atoms with van der Waals surface area (Å²) < 4.78 is 26.7. The molecule has 1 fully saturated rings. The van der Waals surface area contributed by atoms with E-state index in [1.165, 1.54) is 18.3 Å². The molecular formula is C17H18N2O7S3. The van der Waals surface area contributed by atoms with Gasteiger partial charge in [-0.2, -0.15) is 4.31 Å². The molecule has 3 heterocycles. The van der Waals surface area contributed by atoms with Gasteiger partial charge in [0.25, 0.3) is 15.9 Å². The highest BCUT2D eigenvalue weighted by atomic mass is 32.2. The molecule has 0 unspecified atom stereocenters. The van der Waals surface area contributed by atoms with Crippen LogP contribution in [0.1, 0.15) is 40.8 Å². The summed E-state index contributed by atoms with van der Waals surface area (Å²) in [6, 6.07) is 1.84. The fourth-order valence-corrected chi connectivity index (χ4v) is 7.23. The van der Waals surface area contributed by atoms with Gasteiger partial charge in [0, 0.05) is 26.2 Å². The van der Waals surface area contributed by atoms with Crippen molar-refractivity contribution in [3.8, 4) is 0 Å². The molecule has 1 amide bonds. The third-order valence-corrected chi connectivity index (χ3v) is 9.36. The van der Waals surface area contributed by atoms with E-state index in [2.05, 4.69) is 0 Å². The molecule has 0 aliphatic carbocycles. The van der Waals surface area contributed by atoms with Crippen LogP contribution in [0.4, 0.5) is 0 Å². The number of piperazine rings is 1. The van der Waals surface area contributed by atoms with Crippen molar-refractivity contribution in [1.29, 1.82) is 0 Å². The lowest BCUT2D eigenvalue weighted by molar-refractivity contribution is 0.0691. The van der Waals surface area contributed by atoms with Crippen molar-refractivity contribution in [3.05, 3.63) is 37.9 Å². The number of hydrogen-bond donors (Lipinski definition) is 2. The molecule has 0 bridgehead atoms.